The first kappa shape index (κ1) is 28.7. The molecule has 0 fully saturated rings. The van der Waals surface area contributed by atoms with E-state index in [0.717, 1.165) is 10.5 Å². The lowest BCUT2D eigenvalue weighted by atomic mass is 10.00. The van der Waals surface area contributed by atoms with Gasteiger partial charge in [0, 0.05) is 12.6 Å². The number of carbonyl (C=O) groups excluding carboxylic acids is 4. The fourth-order valence-electron chi connectivity index (χ4n) is 3.43. The van der Waals surface area contributed by atoms with Crippen LogP contribution in [-0.2, 0) is 25.7 Å². The minimum atomic E-state index is -1.49. The Bertz CT molecular complexity index is 1180. The van der Waals surface area contributed by atoms with Crippen molar-refractivity contribution in [1.29, 1.82) is 0 Å². The third-order valence-electron chi connectivity index (χ3n) is 5.12. The molecule has 0 aliphatic carbocycles. The topological polar surface area (TPSA) is 151 Å². The van der Waals surface area contributed by atoms with Crippen molar-refractivity contribution in [3.8, 4) is 18.2 Å². The second-order valence-corrected chi connectivity index (χ2v) is 9.36. The monoisotopic (exact) mass is 508 g/mol. The predicted molar refractivity (Wildman–Crippen MR) is 137 cm³/mol. The predicted octanol–water partition coefficient (Wildman–Crippen LogP) is 2.25. The molecule has 0 aromatic heterocycles. The van der Waals surface area contributed by atoms with Crippen molar-refractivity contribution < 1.29 is 29.0 Å². The summed E-state index contributed by atoms with van der Waals surface area (Å²) in [5.74, 6) is -2.42. The van der Waals surface area contributed by atoms with Crippen LogP contribution in [0.2, 0.25) is 0 Å². The van der Waals surface area contributed by atoms with Crippen molar-refractivity contribution in [3.05, 3.63) is 65.2 Å². The number of rotatable bonds is 9. The van der Waals surface area contributed by atoms with Gasteiger partial charge in [0.05, 0.1) is 6.42 Å². The van der Waals surface area contributed by atoms with Crippen molar-refractivity contribution in [1.82, 2.24) is 15.5 Å². The number of primary amides is 1. The van der Waals surface area contributed by atoms with E-state index in [4.69, 9.17) is 16.9 Å². The van der Waals surface area contributed by atoms with E-state index in [0.29, 0.717) is 11.1 Å². The van der Waals surface area contributed by atoms with Crippen molar-refractivity contribution in [2.45, 2.75) is 58.3 Å². The highest BCUT2D eigenvalue weighted by Crippen LogP contribution is 2.27. The molecule has 0 heterocycles. The van der Waals surface area contributed by atoms with Crippen LogP contribution in [0, 0.1) is 19.4 Å². The van der Waals surface area contributed by atoms with Gasteiger partial charge < -0.3 is 26.2 Å². The molecule has 5 N–H and O–H groups in total. The maximum absolute atomic E-state index is 13.5. The number of nitrogens with one attached hydrogen (secondary N) is 2. The zero-order chi connectivity index (χ0) is 27.8. The summed E-state index contributed by atoms with van der Waals surface area (Å²) in [6.07, 6.45) is 4.15. The van der Waals surface area contributed by atoms with E-state index in [2.05, 4.69) is 16.7 Å². The molecule has 10 nitrogen and oxygen atoms in total. The van der Waals surface area contributed by atoms with Gasteiger partial charge in [-0.25, -0.2) is 4.79 Å². The Kier molecular flexibility index (Phi) is 9.66. The molecule has 10 heteroatoms. The van der Waals surface area contributed by atoms with Crippen LogP contribution in [0.15, 0.2) is 48.5 Å². The van der Waals surface area contributed by atoms with Gasteiger partial charge in [-0.3, -0.25) is 19.3 Å². The number of phenols is 1. The van der Waals surface area contributed by atoms with E-state index in [9.17, 15) is 24.3 Å². The number of nitrogens with zero attached hydrogens (tertiary/aromatic N) is 1. The first-order valence-electron chi connectivity index (χ1n) is 11.5. The standard InChI is InChI=1S/C27H32N4O6/c1-6-31(25(35)20(15-22(28)33)30-26(36)37-27(3,4)5)23(19-12-13-21(32)17(2)14-19)24(34)29-16-18-10-8-7-9-11-18/h1,7-14,20,23,32H,15-16H2,2-5H3,(H2,28,33)(H,29,34)(H,30,36). The first-order valence-corrected chi connectivity index (χ1v) is 11.5. The molecule has 2 unspecified atom stereocenters. The van der Waals surface area contributed by atoms with E-state index in [1.165, 1.54) is 18.2 Å². The molecule has 4 amide bonds. The largest absolute Gasteiger partial charge is 0.508 e. The van der Waals surface area contributed by atoms with Crippen molar-refractivity contribution in [3.63, 3.8) is 0 Å². The zero-order valence-electron chi connectivity index (χ0n) is 21.3. The quantitative estimate of drug-likeness (QED) is 0.301. The van der Waals surface area contributed by atoms with Crippen LogP contribution in [0.4, 0.5) is 4.79 Å². The summed E-state index contributed by atoms with van der Waals surface area (Å²) < 4.78 is 5.19. The number of carbonyl (C=O) groups is 4. The smallest absolute Gasteiger partial charge is 0.408 e. The Labute approximate surface area is 216 Å². The van der Waals surface area contributed by atoms with Gasteiger partial charge in [-0.05, 0) is 56.5 Å². The number of phenolic OH excluding ortho intramolecular Hbond substituents is 1. The lowest BCUT2D eigenvalue weighted by molar-refractivity contribution is -0.139. The Balaban J connectivity index is 2.43. The molecular formula is C27H32N4O6. The summed E-state index contributed by atoms with van der Waals surface area (Å²) in [5, 5.41) is 15.0. The number of aromatic hydroxyl groups is 1. The van der Waals surface area contributed by atoms with Gasteiger partial charge in [0.1, 0.15) is 23.4 Å². The number of hydrogen-bond donors (Lipinski definition) is 4. The molecule has 0 saturated carbocycles. The number of aryl methyl sites for hydroxylation is 1. The number of nitrogens with two attached hydrogens (primary N) is 1. The van der Waals surface area contributed by atoms with Crippen LogP contribution in [0.3, 0.4) is 0 Å². The molecule has 2 aromatic rings. The van der Waals surface area contributed by atoms with Gasteiger partial charge in [-0.15, -0.1) is 0 Å². The van der Waals surface area contributed by atoms with Crippen LogP contribution < -0.4 is 16.4 Å². The van der Waals surface area contributed by atoms with Crippen LogP contribution in [0.5, 0.6) is 5.75 Å². The van der Waals surface area contributed by atoms with Gasteiger partial charge in [0.25, 0.3) is 5.91 Å². The Morgan fingerprint density at radius 1 is 1.14 bits per heavy atom. The minimum Gasteiger partial charge on any atom is -0.508 e. The van der Waals surface area contributed by atoms with Gasteiger partial charge in [-0.2, -0.15) is 0 Å². The molecule has 2 aromatic carbocycles. The van der Waals surface area contributed by atoms with Gasteiger partial charge in [0.2, 0.25) is 11.8 Å². The highest BCUT2D eigenvalue weighted by Gasteiger charge is 2.36. The molecule has 0 bridgehead atoms. The molecule has 37 heavy (non-hydrogen) atoms. The van der Waals surface area contributed by atoms with Crippen molar-refractivity contribution in [2.24, 2.45) is 5.73 Å². The molecule has 0 aliphatic rings. The highest BCUT2D eigenvalue weighted by atomic mass is 16.6. The number of benzene rings is 2. The third-order valence-corrected chi connectivity index (χ3v) is 5.12. The van der Waals surface area contributed by atoms with Crippen LogP contribution in [-0.4, -0.2) is 45.5 Å². The maximum Gasteiger partial charge on any atom is 0.408 e. The SMILES string of the molecule is C#CN(C(=O)C(CC(N)=O)NC(=O)OC(C)(C)C)C(C(=O)NCc1ccccc1)c1ccc(O)c(C)c1. The van der Waals surface area contributed by atoms with Gasteiger partial charge in [-0.1, -0.05) is 42.8 Å². The molecule has 2 rings (SSSR count). The van der Waals surface area contributed by atoms with E-state index in [1.54, 1.807) is 27.7 Å². The highest BCUT2D eigenvalue weighted by molar-refractivity contribution is 5.95. The summed E-state index contributed by atoms with van der Waals surface area (Å²) in [7, 11) is 0. The maximum atomic E-state index is 13.5. The third kappa shape index (κ3) is 8.58. The Morgan fingerprint density at radius 3 is 2.32 bits per heavy atom. The Morgan fingerprint density at radius 2 is 1.78 bits per heavy atom. The normalized spacial score (nSPS) is 12.4. The summed E-state index contributed by atoms with van der Waals surface area (Å²) in [5.41, 5.74) is 6.00. The molecular weight excluding hydrogens is 476 g/mol. The van der Waals surface area contributed by atoms with Crippen molar-refractivity contribution in [2.75, 3.05) is 0 Å². The van der Waals surface area contributed by atoms with Crippen molar-refractivity contribution >= 4 is 23.8 Å². The number of terminal acetylenes is 1. The lowest BCUT2D eigenvalue weighted by Crippen LogP contribution is -2.52. The molecule has 0 radical (unpaired) electrons. The van der Waals surface area contributed by atoms with Crippen LogP contribution in [0.1, 0.15) is 49.9 Å². The van der Waals surface area contributed by atoms with E-state index >= 15 is 0 Å². The van der Waals surface area contributed by atoms with Gasteiger partial charge in [0.15, 0.2) is 0 Å². The zero-order valence-corrected chi connectivity index (χ0v) is 21.3. The minimum absolute atomic E-state index is 0.0102. The Hall–Kier alpha value is -4.52. The fraction of sp³-hybridized carbons (Fsp3) is 0.333. The molecule has 0 saturated heterocycles. The number of amides is 4. The summed E-state index contributed by atoms with van der Waals surface area (Å²) in [6, 6.07) is 12.8. The summed E-state index contributed by atoms with van der Waals surface area (Å²) in [6.45, 7) is 6.67. The van der Waals surface area contributed by atoms with E-state index in [-0.39, 0.29) is 12.3 Å². The van der Waals surface area contributed by atoms with Crippen LogP contribution in [0.25, 0.3) is 0 Å². The number of ether oxygens (including phenoxy) is 1. The molecule has 0 spiro atoms. The first-order chi connectivity index (χ1) is 17.3. The molecule has 196 valence electrons. The second kappa shape index (κ2) is 12.4. The van der Waals surface area contributed by atoms with Crippen LogP contribution >= 0.6 is 0 Å². The second-order valence-electron chi connectivity index (χ2n) is 9.36. The fourth-order valence-corrected chi connectivity index (χ4v) is 3.43. The summed E-state index contributed by atoms with van der Waals surface area (Å²) in [4.78, 5) is 51.8. The van der Waals surface area contributed by atoms with E-state index < -0.39 is 47.9 Å². The van der Waals surface area contributed by atoms with E-state index in [1.807, 2.05) is 30.3 Å². The van der Waals surface area contributed by atoms with Gasteiger partial charge >= 0.3 is 6.09 Å². The average molecular weight is 509 g/mol. The number of hydrogen-bond acceptors (Lipinski definition) is 6. The molecule has 0 aliphatic heterocycles. The number of alkyl carbamates (subject to hydrolysis) is 1. The molecule has 2 atom stereocenters. The average Bonchev–Trinajstić information content (AvgIpc) is 2.81. The lowest BCUT2D eigenvalue weighted by Gasteiger charge is -2.30. The summed E-state index contributed by atoms with van der Waals surface area (Å²) >= 11 is 0.